The van der Waals surface area contributed by atoms with Gasteiger partial charge >= 0.3 is 12.0 Å². The molecule has 2 N–H and O–H groups in total. The van der Waals surface area contributed by atoms with E-state index >= 15 is 0 Å². The van der Waals surface area contributed by atoms with Crippen LogP contribution in [0, 0.1) is 5.92 Å². The van der Waals surface area contributed by atoms with Gasteiger partial charge < -0.3 is 20.2 Å². The number of piperidine rings is 1. The Labute approximate surface area is 112 Å². The van der Waals surface area contributed by atoms with Crippen LogP contribution in [0.1, 0.15) is 19.3 Å². The van der Waals surface area contributed by atoms with Crippen LogP contribution in [0.4, 0.5) is 4.79 Å². The van der Waals surface area contributed by atoms with E-state index in [1.54, 1.807) is 19.0 Å². The molecule has 19 heavy (non-hydrogen) atoms. The fourth-order valence-corrected chi connectivity index (χ4v) is 2.05. The van der Waals surface area contributed by atoms with Gasteiger partial charge in [-0.25, -0.2) is 4.79 Å². The minimum absolute atomic E-state index is 0.0373. The van der Waals surface area contributed by atoms with Gasteiger partial charge in [0.05, 0.1) is 6.42 Å². The largest absolute Gasteiger partial charge is 0.481 e. The second-order valence-corrected chi connectivity index (χ2v) is 4.87. The molecule has 1 fully saturated rings. The molecule has 0 aromatic rings. The molecular weight excluding hydrogens is 250 g/mol. The van der Waals surface area contributed by atoms with Crippen molar-refractivity contribution < 1.29 is 19.5 Å². The van der Waals surface area contributed by atoms with Gasteiger partial charge in [0.15, 0.2) is 0 Å². The van der Waals surface area contributed by atoms with Gasteiger partial charge in [0.2, 0.25) is 5.91 Å². The van der Waals surface area contributed by atoms with E-state index in [2.05, 4.69) is 5.32 Å². The summed E-state index contributed by atoms with van der Waals surface area (Å²) >= 11 is 0. The number of urea groups is 1. The van der Waals surface area contributed by atoms with Gasteiger partial charge in [-0.15, -0.1) is 0 Å². The molecule has 0 radical (unpaired) electrons. The molecule has 1 saturated heterocycles. The first-order chi connectivity index (χ1) is 8.91. The summed E-state index contributed by atoms with van der Waals surface area (Å²) in [6.07, 6.45) is 1.18. The molecule has 7 heteroatoms. The molecule has 1 rings (SSSR count). The third kappa shape index (κ3) is 4.76. The number of nitrogens with one attached hydrogen (secondary N) is 1. The summed E-state index contributed by atoms with van der Waals surface area (Å²) in [5, 5.41) is 11.1. The summed E-state index contributed by atoms with van der Waals surface area (Å²) in [6.45, 7) is 1.28. The van der Waals surface area contributed by atoms with Crippen molar-refractivity contribution in [2.45, 2.75) is 19.3 Å². The molecule has 108 valence electrons. The Kier molecular flexibility index (Phi) is 5.59. The fourth-order valence-electron chi connectivity index (χ4n) is 2.05. The predicted molar refractivity (Wildman–Crippen MR) is 68.6 cm³/mol. The summed E-state index contributed by atoms with van der Waals surface area (Å²) in [4.78, 5) is 37.1. The normalized spacial score (nSPS) is 16.0. The molecule has 0 saturated carbocycles. The van der Waals surface area contributed by atoms with Gasteiger partial charge in [0.1, 0.15) is 0 Å². The van der Waals surface area contributed by atoms with Crippen LogP contribution < -0.4 is 5.32 Å². The fraction of sp³-hybridized carbons (Fsp3) is 0.750. The van der Waals surface area contributed by atoms with Gasteiger partial charge in [-0.2, -0.15) is 0 Å². The standard InChI is InChI=1S/C12H21N3O4/c1-14(2)12(19)15-7-4-9(5-8-15)11(18)13-6-3-10(16)17/h9H,3-8H2,1-2H3,(H,13,18)(H,16,17). The lowest BCUT2D eigenvalue weighted by molar-refractivity contribution is -0.137. The number of carbonyl (C=O) groups is 3. The van der Waals surface area contributed by atoms with Crippen molar-refractivity contribution in [1.29, 1.82) is 0 Å². The van der Waals surface area contributed by atoms with Crippen molar-refractivity contribution in [3.8, 4) is 0 Å². The minimum Gasteiger partial charge on any atom is -0.481 e. The number of carboxylic acids is 1. The van der Waals surface area contributed by atoms with Crippen molar-refractivity contribution in [2.75, 3.05) is 33.7 Å². The molecule has 1 aliphatic rings. The monoisotopic (exact) mass is 271 g/mol. The van der Waals surface area contributed by atoms with Crippen molar-refractivity contribution >= 4 is 17.9 Å². The molecule has 0 spiro atoms. The number of aliphatic carboxylic acids is 1. The Balaban J connectivity index is 2.31. The highest BCUT2D eigenvalue weighted by molar-refractivity contribution is 5.80. The van der Waals surface area contributed by atoms with Crippen molar-refractivity contribution in [3.05, 3.63) is 0 Å². The van der Waals surface area contributed by atoms with E-state index in [-0.39, 0.29) is 30.8 Å². The van der Waals surface area contributed by atoms with Crippen LogP contribution in [0.2, 0.25) is 0 Å². The average Bonchev–Trinajstić information content (AvgIpc) is 2.37. The Morgan fingerprint density at radius 2 is 1.84 bits per heavy atom. The third-order valence-corrected chi connectivity index (χ3v) is 3.16. The van der Waals surface area contributed by atoms with E-state index in [1.165, 1.54) is 4.90 Å². The molecule has 7 nitrogen and oxygen atoms in total. The quantitative estimate of drug-likeness (QED) is 0.751. The Bertz CT molecular complexity index is 349. The Morgan fingerprint density at radius 3 is 2.32 bits per heavy atom. The first-order valence-electron chi connectivity index (χ1n) is 6.37. The average molecular weight is 271 g/mol. The van der Waals surface area contributed by atoms with Crippen LogP contribution in [0.15, 0.2) is 0 Å². The van der Waals surface area contributed by atoms with E-state index in [1.807, 2.05) is 0 Å². The SMILES string of the molecule is CN(C)C(=O)N1CCC(C(=O)NCCC(=O)O)CC1. The zero-order valence-electron chi connectivity index (χ0n) is 11.4. The van der Waals surface area contributed by atoms with Gasteiger partial charge in [0.25, 0.3) is 0 Å². The van der Waals surface area contributed by atoms with Crippen LogP contribution in [-0.2, 0) is 9.59 Å². The van der Waals surface area contributed by atoms with Gasteiger partial charge in [-0.05, 0) is 12.8 Å². The number of carboxylic acid groups (broad SMARTS) is 1. The predicted octanol–water partition coefficient (Wildman–Crippen LogP) is -0.0291. The first kappa shape index (κ1) is 15.3. The molecular formula is C12H21N3O4. The van der Waals surface area contributed by atoms with E-state index < -0.39 is 5.97 Å². The lowest BCUT2D eigenvalue weighted by Gasteiger charge is -2.33. The molecule has 1 heterocycles. The topological polar surface area (TPSA) is 90.0 Å². The highest BCUT2D eigenvalue weighted by Gasteiger charge is 2.27. The van der Waals surface area contributed by atoms with Gasteiger partial charge in [0, 0.05) is 39.6 Å². The van der Waals surface area contributed by atoms with Crippen molar-refractivity contribution in [2.24, 2.45) is 5.92 Å². The summed E-state index contributed by atoms with van der Waals surface area (Å²) in [5.74, 6) is -1.16. The van der Waals surface area contributed by atoms with Crippen LogP contribution in [-0.4, -0.2) is 66.5 Å². The van der Waals surface area contributed by atoms with E-state index in [4.69, 9.17) is 5.11 Å². The maximum Gasteiger partial charge on any atom is 0.319 e. The second kappa shape index (κ2) is 6.96. The lowest BCUT2D eigenvalue weighted by Crippen LogP contribution is -2.46. The van der Waals surface area contributed by atoms with E-state index in [0.717, 1.165) is 0 Å². The van der Waals surface area contributed by atoms with Crippen molar-refractivity contribution in [3.63, 3.8) is 0 Å². The molecule has 3 amide bonds. The lowest BCUT2D eigenvalue weighted by atomic mass is 9.96. The Morgan fingerprint density at radius 1 is 1.26 bits per heavy atom. The first-order valence-corrected chi connectivity index (χ1v) is 6.37. The number of carbonyl (C=O) groups excluding carboxylic acids is 2. The van der Waals surface area contributed by atoms with Crippen LogP contribution >= 0.6 is 0 Å². The van der Waals surface area contributed by atoms with Crippen LogP contribution in [0.5, 0.6) is 0 Å². The molecule has 0 atom stereocenters. The Hall–Kier alpha value is -1.79. The zero-order chi connectivity index (χ0) is 14.4. The van der Waals surface area contributed by atoms with E-state index in [9.17, 15) is 14.4 Å². The molecule has 0 aromatic carbocycles. The maximum atomic E-state index is 11.8. The van der Waals surface area contributed by atoms with Crippen LogP contribution in [0.3, 0.4) is 0 Å². The van der Waals surface area contributed by atoms with Gasteiger partial charge in [-0.1, -0.05) is 0 Å². The molecule has 1 aliphatic heterocycles. The number of likely N-dealkylation sites (tertiary alicyclic amines) is 1. The number of nitrogens with zero attached hydrogens (tertiary/aromatic N) is 2. The third-order valence-electron chi connectivity index (χ3n) is 3.16. The smallest absolute Gasteiger partial charge is 0.319 e. The minimum atomic E-state index is -0.924. The number of hydrogen-bond acceptors (Lipinski definition) is 3. The highest BCUT2D eigenvalue weighted by Crippen LogP contribution is 2.18. The maximum absolute atomic E-state index is 11.8. The molecule has 0 aliphatic carbocycles. The highest BCUT2D eigenvalue weighted by atomic mass is 16.4. The second-order valence-electron chi connectivity index (χ2n) is 4.87. The van der Waals surface area contributed by atoms with Crippen LogP contribution in [0.25, 0.3) is 0 Å². The molecule has 0 bridgehead atoms. The van der Waals surface area contributed by atoms with Crippen molar-refractivity contribution in [1.82, 2.24) is 15.1 Å². The van der Waals surface area contributed by atoms with E-state index in [0.29, 0.717) is 25.9 Å². The summed E-state index contributed by atoms with van der Waals surface area (Å²) in [7, 11) is 3.40. The number of hydrogen-bond donors (Lipinski definition) is 2. The molecule has 0 aromatic heterocycles. The van der Waals surface area contributed by atoms with Gasteiger partial charge in [-0.3, -0.25) is 9.59 Å². The number of rotatable bonds is 4. The summed E-state index contributed by atoms with van der Waals surface area (Å²) in [5.41, 5.74) is 0. The number of amides is 3. The summed E-state index contributed by atoms with van der Waals surface area (Å²) < 4.78 is 0. The summed E-state index contributed by atoms with van der Waals surface area (Å²) in [6, 6.07) is -0.0373. The zero-order valence-corrected chi connectivity index (χ0v) is 11.4. The molecule has 0 unspecified atom stereocenters.